The fraction of sp³-hybridized carbons (Fsp3) is 0.455. The maximum absolute atomic E-state index is 3.20. The van der Waals surface area contributed by atoms with Gasteiger partial charge in [0.05, 0.1) is 0 Å². The number of hydrogen-bond acceptors (Lipinski definition) is 0. The first-order chi connectivity index (χ1) is 5.84. The van der Waals surface area contributed by atoms with Gasteiger partial charge in [-0.25, -0.2) is 0 Å². The zero-order chi connectivity index (χ0) is 8.81. The van der Waals surface area contributed by atoms with Crippen molar-refractivity contribution in [3.8, 4) is 0 Å². The zero-order valence-corrected chi connectivity index (χ0v) is 7.93. The molecule has 12 heavy (non-hydrogen) atoms. The molecule has 0 bridgehead atoms. The van der Waals surface area contributed by atoms with E-state index in [0.29, 0.717) is 0 Å². The molecule has 0 fully saturated rings. The van der Waals surface area contributed by atoms with Gasteiger partial charge in [-0.05, 0) is 31.1 Å². The van der Waals surface area contributed by atoms with Crippen LogP contribution in [0.25, 0.3) is 5.57 Å². The van der Waals surface area contributed by atoms with Gasteiger partial charge in [0.1, 0.15) is 0 Å². The van der Waals surface area contributed by atoms with Crippen molar-refractivity contribution in [1.82, 2.24) is 4.98 Å². The Morgan fingerprint density at radius 2 is 2.42 bits per heavy atom. The minimum atomic E-state index is 1.20. The molecule has 0 aliphatic rings. The molecule has 1 N–H and O–H groups in total. The van der Waals surface area contributed by atoms with E-state index < -0.39 is 0 Å². The summed E-state index contributed by atoms with van der Waals surface area (Å²) in [5, 5.41) is 0. The van der Waals surface area contributed by atoms with Crippen molar-refractivity contribution in [2.75, 3.05) is 0 Å². The average Bonchev–Trinajstić information content (AvgIpc) is 2.56. The van der Waals surface area contributed by atoms with Crippen molar-refractivity contribution < 1.29 is 0 Å². The molecule has 0 saturated carbocycles. The molecule has 0 saturated heterocycles. The molecule has 0 radical (unpaired) electrons. The number of H-pyrrole nitrogens is 1. The van der Waals surface area contributed by atoms with E-state index in [1.54, 1.807) is 0 Å². The third-order valence-corrected chi connectivity index (χ3v) is 2.03. The van der Waals surface area contributed by atoms with Crippen LogP contribution in [0, 0.1) is 0 Å². The minimum absolute atomic E-state index is 1.20. The summed E-state index contributed by atoms with van der Waals surface area (Å²) in [5.41, 5.74) is 2.60. The molecule has 0 amide bonds. The van der Waals surface area contributed by atoms with Crippen LogP contribution >= 0.6 is 0 Å². The normalized spacial score (nSPS) is 12.0. The first-order valence-electron chi connectivity index (χ1n) is 4.65. The highest BCUT2D eigenvalue weighted by Crippen LogP contribution is 2.12. The fourth-order valence-corrected chi connectivity index (χ4v) is 1.21. The molecular weight excluding hydrogens is 146 g/mol. The Bertz CT molecular complexity index is 232. The van der Waals surface area contributed by atoms with Gasteiger partial charge in [-0.2, -0.15) is 0 Å². The lowest BCUT2D eigenvalue weighted by molar-refractivity contribution is 0.815. The summed E-state index contributed by atoms with van der Waals surface area (Å²) < 4.78 is 0. The number of aromatic amines is 1. The van der Waals surface area contributed by atoms with Gasteiger partial charge in [-0.3, -0.25) is 0 Å². The minimum Gasteiger partial charge on any atom is -0.361 e. The molecule has 1 aromatic rings. The summed E-state index contributed by atoms with van der Waals surface area (Å²) in [5.74, 6) is 0. The fourth-order valence-electron chi connectivity index (χ4n) is 1.21. The second-order valence-electron chi connectivity index (χ2n) is 3.11. The van der Waals surface area contributed by atoms with Gasteiger partial charge in [-0.1, -0.05) is 25.8 Å². The van der Waals surface area contributed by atoms with E-state index in [-0.39, 0.29) is 0 Å². The Balaban J connectivity index is 2.47. The first kappa shape index (κ1) is 9.11. The third kappa shape index (κ3) is 2.57. The second kappa shape index (κ2) is 4.81. The van der Waals surface area contributed by atoms with E-state index in [0.717, 1.165) is 0 Å². The zero-order valence-electron chi connectivity index (χ0n) is 7.93. The lowest BCUT2D eigenvalue weighted by Crippen LogP contribution is -1.78. The smallest absolute Gasteiger partial charge is 0.0406 e. The topological polar surface area (TPSA) is 15.8 Å². The molecule has 1 rings (SSSR count). The van der Waals surface area contributed by atoms with Gasteiger partial charge in [0, 0.05) is 11.9 Å². The summed E-state index contributed by atoms with van der Waals surface area (Å²) in [4.78, 5) is 3.20. The van der Waals surface area contributed by atoms with Crippen LogP contribution in [0.5, 0.6) is 0 Å². The van der Waals surface area contributed by atoms with E-state index >= 15 is 0 Å². The summed E-state index contributed by atoms with van der Waals surface area (Å²) in [7, 11) is 0. The highest BCUT2D eigenvalue weighted by Gasteiger charge is 1.93. The molecule has 0 aromatic carbocycles. The lowest BCUT2D eigenvalue weighted by Gasteiger charge is -1.96. The molecule has 1 aromatic heterocycles. The van der Waals surface area contributed by atoms with E-state index in [1.165, 1.54) is 30.5 Å². The summed E-state index contributed by atoms with van der Waals surface area (Å²) in [6, 6.07) is 4.14. The highest BCUT2D eigenvalue weighted by molar-refractivity contribution is 5.60. The largest absolute Gasteiger partial charge is 0.361 e. The summed E-state index contributed by atoms with van der Waals surface area (Å²) >= 11 is 0. The van der Waals surface area contributed by atoms with Crippen molar-refractivity contribution in [3.05, 3.63) is 30.1 Å². The van der Waals surface area contributed by atoms with Crippen molar-refractivity contribution in [2.24, 2.45) is 0 Å². The van der Waals surface area contributed by atoms with Gasteiger partial charge in [-0.15, -0.1) is 0 Å². The number of aromatic nitrogens is 1. The van der Waals surface area contributed by atoms with Crippen molar-refractivity contribution >= 4 is 5.57 Å². The lowest BCUT2D eigenvalue weighted by atomic mass is 10.1. The Labute approximate surface area is 74.5 Å². The van der Waals surface area contributed by atoms with E-state index in [2.05, 4.69) is 31.0 Å². The Hall–Kier alpha value is -0.980. The van der Waals surface area contributed by atoms with E-state index in [9.17, 15) is 0 Å². The summed E-state index contributed by atoms with van der Waals surface area (Å²) in [6.45, 7) is 4.37. The SMILES string of the molecule is CCCC/C=C(\C)c1ccc[nH]1. The van der Waals surface area contributed by atoms with Crippen LogP contribution in [0.1, 0.15) is 38.8 Å². The number of allylic oxidation sites excluding steroid dienone is 2. The molecule has 1 heteroatoms. The molecule has 0 spiro atoms. The Morgan fingerprint density at radius 1 is 1.58 bits per heavy atom. The van der Waals surface area contributed by atoms with Gasteiger partial charge in [0.15, 0.2) is 0 Å². The molecule has 0 atom stereocenters. The first-order valence-corrected chi connectivity index (χ1v) is 4.65. The molecule has 1 heterocycles. The molecule has 0 aliphatic heterocycles. The average molecular weight is 163 g/mol. The number of nitrogens with one attached hydrogen (secondary N) is 1. The molecule has 66 valence electrons. The highest BCUT2D eigenvalue weighted by atomic mass is 14.7. The summed E-state index contributed by atoms with van der Waals surface area (Å²) in [6.07, 6.45) is 8.02. The van der Waals surface area contributed by atoms with Crippen LogP contribution in [0.3, 0.4) is 0 Å². The van der Waals surface area contributed by atoms with Crippen molar-refractivity contribution in [1.29, 1.82) is 0 Å². The predicted molar refractivity (Wildman–Crippen MR) is 54.0 cm³/mol. The molecular formula is C11H17N. The van der Waals surface area contributed by atoms with Gasteiger partial charge in [0.25, 0.3) is 0 Å². The molecule has 1 nitrogen and oxygen atoms in total. The van der Waals surface area contributed by atoms with E-state index in [4.69, 9.17) is 0 Å². The van der Waals surface area contributed by atoms with Crippen LogP contribution in [-0.2, 0) is 0 Å². The Morgan fingerprint density at radius 3 is 3.00 bits per heavy atom. The second-order valence-corrected chi connectivity index (χ2v) is 3.11. The molecule has 0 aliphatic carbocycles. The van der Waals surface area contributed by atoms with Gasteiger partial charge >= 0.3 is 0 Å². The maximum atomic E-state index is 3.20. The number of unbranched alkanes of at least 4 members (excludes halogenated alkanes) is 2. The van der Waals surface area contributed by atoms with Crippen molar-refractivity contribution in [3.63, 3.8) is 0 Å². The van der Waals surface area contributed by atoms with Crippen LogP contribution in [-0.4, -0.2) is 4.98 Å². The number of hydrogen-bond donors (Lipinski definition) is 1. The quantitative estimate of drug-likeness (QED) is 0.653. The monoisotopic (exact) mass is 163 g/mol. The Kier molecular flexibility index (Phi) is 3.65. The van der Waals surface area contributed by atoms with Crippen molar-refractivity contribution in [2.45, 2.75) is 33.1 Å². The van der Waals surface area contributed by atoms with Gasteiger partial charge in [0.2, 0.25) is 0 Å². The number of rotatable bonds is 4. The van der Waals surface area contributed by atoms with E-state index in [1.807, 2.05) is 12.3 Å². The van der Waals surface area contributed by atoms with Crippen LogP contribution in [0.2, 0.25) is 0 Å². The molecule has 0 unspecified atom stereocenters. The van der Waals surface area contributed by atoms with Crippen LogP contribution < -0.4 is 0 Å². The van der Waals surface area contributed by atoms with Crippen LogP contribution in [0.4, 0.5) is 0 Å². The third-order valence-electron chi connectivity index (χ3n) is 2.03. The maximum Gasteiger partial charge on any atom is 0.0406 e. The van der Waals surface area contributed by atoms with Gasteiger partial charge < -0.3 is 4.98 Å². The predicted octanol–water partition coefficient (Wildman–Crippen LogP) is 3.61. The standard InChI is InChI=1S/C11H17N/c1-3-4-5-7-10(2)11-8-6-9-12-11/h6-9,12H,3-5H2,1-2H3/b10-7+. The van der Waals surface area contributed by atoms with Crippen LogP contribution in [0.15, 0.2) is 24.4 Å².